The molecule has 4 heteroatoms. The summed E-state index contributed by atoms with van der Waals surface area (Å²) in [5.74, 6) is -0.524. The number of rotatable bonds is 3. The molecule has 0 fully saturated rings. The van der Waals surface area contributed by atoms with Gasteiger partial charge in [0.15, 0.2) is 0 Å². The van der Waals surface area contributed by atoms with Crippen LogP contribution in [-0.2, 0) is 14.3 Å². The van der Waals surface area contributed by atoms with E-state index in [1.165, 1.54) is 14.0 Å². The average Bonchev–Trinajstić information content (AvgIpc) is 1.87. The van der Waals surface area contributed by atoms with E-state index in [1.807, 2.05) is 0 Å². The van der Waals surface area contributed by atoms with E-state index in [2.05, 4.69) is 17.4 Å². The van der Waals surface area contributed by atoms with Crippen molar-refractivity contribution in [3.05, 3.63) is 0 Å². The maximum absolute atomic E-state index is 10.5. The highest BCUT2D eigenvalue weighted by Crippen LogP contribution is 2.02. The molecule has 0 aromatic rings. The molecule has 1 atom stereocenters. The second-order valence-electron chi connectivity index (χ2n) is 1.91. The van der Waals surface area contributed by atoms with Gasteiger partial charge in [0.2, 0.25) is 0 Å². The number of methoxy groups -OCH3 is 1. The number of ketones is 1. The SMILES string of the molecule is COC(=O)CC(S)C(C)=O. The first-order valence-corrected chi connectivity index (χ1v) is 3.35. The minimum Gasteiger partial charge on any atom is -0.469 e. The fourth-order valence-electron chi connectivity index (χ4n) is 0.385. The van der Waals surface area contributed by atoms with E-state index in [-0.39, 0.29) is 12.2 Å². The van der Waals surface area contributed by atoms with Crippen LogP contribution in [0.3, 0.4) is 0 Å². The van der Waals surface area contributed by atoms with E-state index in [4.69, 9.17) is 0 Å². The first-order chi connectivity index (χ1) is 4.57. The van der Waals surface area contributed by atoms with Crippen molar-refractivity contribution in [1.29, 1.82) is 0 Å². The molecule has 1 unspecified atom stereocenters. The zero-order chi connectivity index (χ0) is 8.15. The number of carbonyl (C=O) groups excluding carboxylic acids is 2. The second-order valence-corrected chi connectivity index (χ2v) is 2.53. The third-order valence-corrected chi connectivity index (χ3v) is 1.60. The van der Waals surface area contributed by atoms with E-state index in [9.17, 15) is 9.59 Å². The van der Waals surface area contributed by atoms with Gasteiger partial charge in [0, 0.05) is 0 Å². The van der Waals surface area contributed by atoms with E-state index < -0.39 is 11.2 Å². The van der Waals surface area contributed by atoms with Crippen molar-refractivity contribution in [2.75, 3.05) is 7.11 Å². The predicted octanol–water partition coefficient (Wildman–Crippen LogP) is 0.437. The molecule has 58 valence electrons. The number of hydrogen-bond donors (Lipinski definition) is 1. The molecule has 0 heterocycles. The monoisotopic (exact) mass is 162 g/mol. The molecule has 0 aromatic heterocycles. The average molecular weight is 162 g/mol. The lowest BCUT2D eigenvalue weighted by Gasteiger charge is -2.02. The lowest BCUT2D eigenvalue weighted by atomic mass is 10.2. The normalized spacial score (nSPS) is 12.3. The van der Waals surface area contributed by atoms with E-state index >= 15 is 0 Å². The van der Waals surface area contributed by atoms with Gasteiger partial charge in [-0.25, -0.2) is 0 Å². The largest absolute Gasteiger partial charge is 0.469 e. The van der Waals surface area contributed by atoms with Crippen molar-refractivity contribution in [3.63, 3.8) is 0 Å². The first-order valence-electron chi connectivity index (χ1n) is 2.83. The number of esters is 1. The molecule has 0 N–H and O–H groups in total. The highest BCUT2D eigenvalue weighted by atomic mass is 32.1. The van der Waals surface area contributed by atoms with Crippen molar-refractivity contribution >= 4 is 24.4 Å². The van der Waals surface area contributed by atoms with Crippen molar-refractivity contribution in [1.82, 2.24) is 0 Å². The Hall–Kier alpha value is -0.510. The zero-order valence-electron chi connectivity index (χ0n) is 5.96. The number of Topliss-reactive ketones (excluding diaryl/α,β-unsaturated/α-hetero) is 1. The lowest BCUT2D eigenvalue weighted by Crippen LogP contribution is -2.16. The first kappa shape index (κ1) is 9.49. The number of hydrogen-bond acceptors (Lipinski definition) is 4. The van der Waals surface area contributed by atoms with Crippen LogP contribution in [-0.4, -0.2) is 24.1 Å². The topological polar surface area (TPSA) is 43.4 Å². The van der Waals surface area contributed by atoms with Crippen LogP contribution in [0.1, 0.15) is 13.3 Å². The van der Waals surface area contributed by atoms with Crippen molar-refractivity contribution in [3.8, 4) is 0 Å². The van der Waals surface area contributed by atoms with Crippen LogP contribution in [0.15, 0.2) is 0 Å². The predicted molar refractivity (Wildman–Crippen MR) is 40.1 cm³/mol. The van der Waals surface area contributed by atoms with Gasteiger partial charge in [-0.05, 0) is 6.92 Å². The standard InChI is InChI=1S/C6H10O3S/c1-4(7)5(10)3-6(8)9-2/h5,10H,3H2,1-2H3. The molecule has 0 amide bonds. The highest BCUT2D eigenvalue weighted by molar-refractivity contribution is 7.81. The molecule has 10 heavy (non-hydrogen) atoms. The molecule has 0 saturated heterocycles. The summed E-state index contributed by atoms with van der Waals surface area (Å²) in [6.45, 7) is 1.39. The fourth-order valence-corrected chi connectivity index (χ4v) is 0.534. The van der Waals surface area contributed by atoms with Gasteiger partial charge in [-0.15, -0.1) is 0 Å². The number of ether oxygens (including phenoxy) is 1. The number of carbonyl (C=O) groups is 2. The molecule has 0 saturated carbocycles. The molecule has 3 nitrogen and oxygen atoms in total. The Morgan fingerprint density at radius 3 is 2.40 bits per heavy atom. The zero-order valence-corrected chi connectivity index (χ0v) is 6.85. The maximum Gasteiger partial charge on any atom is 0.307 e. The van der Waals surface area contributed by atoms with Crippen LogP contribution in [0, 0.1) is 0 Å². The molecule has 0 aromatic carbocycles. The Kier molecular flexibility index (Phi) is 4.11. The summed E-state index contributed by atoms with van der Waals surface area (Å²) in [4.78, 5) is 21.0. The Morgan fingerprint density at radius 1 is 1.60 bits per heavy atom. The molecule has 0 aliphatic heterocycles. The Labute approximate surface area is 65.2 Å². The summed E-state index contributed by atoms with van der Waals surface area (Å²) in [6, 6.07) is 0. The summed E-state index contributed by atoms with van der Waals surface area (Å²) in [6.07, 6.45) is 0.0505. The Balaban J connectivity index is 3.68. The van der Waals surface area contributed by atoms with Gasteiger partial charge < -0.3 is 4.74 Å². The van der Waals surface area contributed by atoms with Gasteiger partial charge >= 0.3 is 5.97 Å². The third-order valence-electron chi connectivity index (χ3n) is 1.06. The van der Waals surface area contributed by atoms with Crippen LogP contribution in [0.25, 0.3) is 0 Å². The van der Waals surface area contributed by atoms with Gasteiger partial charge in [-0.2, -0.15) is 12.6 Å². The van der Waals surface area contributed by atoms with Crippen LogP contribution in [0.4, 0.5) is 0 Å². The Morgan fingerprint density at radius 2 is 2.10 bits per heavy atom. The minimum atomic E-state index is -0.521. The summed E-state index contributed by atoms with van der Waals surface area (Å²) in [7, 11) is 1.28. The minimum absolute atomic E-state index is 0.0505. The van der Waals surface area contributed by atoms with Gasteiger partial charge in [0.05, 0.1) is 18.8 Å². The van der Waals surface area contributed by atoms with Crippen LogP contribution in [0.2, 0.25) is 0 Å². The summed E-state index contributed by atoms with van der Waals surface area (Å²) >= 11 is 3.87. The fraction of sp³-hybridized carbons (Fsp3) is 0.667. The van der Waals surface area contributed by atoms with E-state index in [1.54, 1.807) is 0 Å². The van der Waals surface area contributed by atoms with Gasteiger partial charge in [0.25, 0.3) is 0 Å². The van der Waals surface area contributed by atoms with Crippen LogP contribution >= 0.6 is 12.6 Å². The molecular formula is C6H10O3S. The van der Waals surface area contributed by atoms with Crippen molar-refractivity contribution in [2.45, 2.75) is 18.6 Å². The quantitative estimate of drug-likeness (QED) is 0.483. The Bertz CT molecular complexity index is 144. The van der Waals surface area contributed by atoms with E-state index in [0.29, 0.717) is 0 Å². The molecule has 0 aliphatic rings. The maximum atomic E-state index is 10.5. The summed E-state index contributed by atoms with van der Waals surface area (Å²) in [5, 5.41) is -0.521. The third kappa shape index (κ3) is 3.50. The van der Waals surface area contributed by atoms with Crippen molar-refractivity contribution in [2.24, 2.45) is 0 Å². The van der Waals surface area contributed by atoms with Crippen LogP contribution in [0.5, 0.6) is 0 Å². The molecule has 0 bridgehead atoms. The van der Waals surface area contributed by atoms with Gasteiger partial charge in [-0.1, -0.05) is 0 Å². The van der Waals surface area contributed by atoms with Gasteiger partial charge in [-0.3, -0.25) is 9.59 Å². The van der Waals surface area contributed by atoms with Gasteiger partial charge in [0.1, 0.15) is 5.78 Å². The smallest absolute Gasteiger partial charge is 0.307 e. The number of thiol groups is 1. The van der Waals surface area contributed by atoms with Crippen molar-refractivity contribution < 1.29 is 14.3 Å². The van der Waals surface area contributed by atoms with Crippen LogP contribution < -0.4 is 0 Å². The molecule has 0 radical (unpaired) electrons. The summed E-state index contributed by atoms with van der Waals surface area (Å²) in [5.41, 5.74) is 0. The second kappa shape index (κ2) is 4.33. The molecular weight excluding hydrogens is 152 g/mol. The molecule has 0 rings (SSSR count). The molecule has 0 spiro atoms. The van der Waals surface area contributed by atoms with E-state index in [0.717, 1.165) is 0 Å². The summed E-state index contributed by atoms with van der Waals surface area (Å²) < 4.78 is 4.33. The lowest BCUT2D eigenvalue weighted by molar-refractivity contribution is -0.141. The molecule has 0 aliphatic carbocycles. The highest BCUT2D eigenvalue weighted by Gasteiger charge is 2.13.